The van der Waals surface area contributed by atoms with Gasteiger partial charge in [0.1, 0.15) is 0 Å². The van der Waals surface area contributed by atoms with Gasteiger partial charge in [0, 0.05) is 7.11 Å². The number of hydrogen-bond acceptors (Lipinski definition) is 1. The first-order valence-electron chi connectivity index (χ1n) is 11.0. The Balaban J connectivity index is 1.42. The summed E-state index contributed by atoms with van der Waals surface area (Å²) in [5.74, 6) is 3.61. The molecule has 0 radical (unpaired) electrons. The molecule has 0 saturated heterocycles. The van der Waals surface area contributed by atoms with Gasteiger partial charge in [-0.05, 0) is 92.6 Å². The average Bonchev–Trinajstić information content (AvgIpc) is 2.70. The number of rotatable bonds is 7. The smallest absolute Gasteiger partial charge is 0.0643 e. The fourth-order valence-electron chi connectivity index (χ4n) is 5.32. The van der Waals surface area contributed by atoms with Gasteiger partial charge >= 0.3 is 0 Å². The molecule has 0 unspecified atom stereocenters. The molecule has 2 aliphatic rings. The average molecular weight is 355 g/mol. The van der Waals surface area contributed by atoms with Crippen molar-refractivity contribution in [1.29, 1.82) is 0 Å². The van der Waals surface area contributed by atoms with Crippen molar-refractivity contribution >= 4 is 0 Å². The maximum atomic E-state index is 5.13. The van der Waals surface area contributed by atoms with Gasteiger partial charge in [-0.2, -0.15) is 0 Å². The number of aryl methyl sites for hydroxylation is 1. The molecule has 2 fully saturated rings. The van der Waals surface area contributed by atoms with Gasteiger partial charge in [0.05, 0.1) is 6.61 Å². The van der Waals surface area contributed by atoms with Crippen molar-refractivity contribution in [2.75, 3.05) is 13.7 Å². The lowest BCUT2D eigenvalue weighted by molar-refractivity contribution is 0.171. The summed E-state index contributed by atoms with van der Waals surface area (Å²) in [5, 5.41) is 0. The second-order valence-electron chi connectivity index (χ2n) is 8.66. The van der Waals surface area contributed by atoms with Crippen molar-refractivity contribution in [3.8, 4) is 0 Å². The highest BCUT2D eigenvalue weighted by Crippen LogP contribution is 2.44. The maximum Gasteiger partial charge on any atom is 0.0643 e. The van der Waals surface area contributed by atoms with Gasteiger partial charge < -0.3 is 4.74 Å². The molecule has 2 aliphatic carbocycles. The zero-order valence-corrected chi connectivity index (χ0v) is 17.0. The summed E-state index contributed by atoms with van der Waals surface area (Å²) in [6, 6.07) is 9.55. The van der Waals surface area contributed by atoms with E-state index >= 15 is 0 Å². The molecule has 26 heavy (non-hydrogen) atoms. The second kappa shape index (κ2) is 10.3. The van der Waals surface area contributed by atoms with Crippen molar-refractivity contribution in [1.82, 2.24) is 0 Å². The molecule has 1 aromatic carbocycles. The van der Waals surface area contributed by atoms with Crippen LogP contribution in [0, 0.1) is 17.8 Å². The van der Waals surface area contributed by atoms with Crippen molar-refractivity contribution in [2.24, 2.45) is 17.8 Å². The molecule has 0 amide bonds. The molecule has 0 spiro atoms. The first-order chi connectivity index (χ1) is 12.8. The summed E-state index contributed by atoms with van der Waals surface area (Å²) in [6.45, 7) is 3.03. The molecule has 0 heterocycles. The quantitative estimate of drug-likeness (QED) is 0.483. The van der Waals surface area contributed by atoms with Crippen molar-refractivity contribution in [2.45, 2.75) is 77.0 Å². The van der Waals surface area contributed by atoms with Crippen LogP contribution in [0.25, 0.3) is 0 Å². The normalized spacial score (nSPS) is 29.9. The first kappa shape index (κ1) is 19.7. The highest BCUT2D eigenvalue weighted by Gasteiger charge is 2.30. The van der Waals surface area contributed by atoms with Crippen molar-refractivity contribution < 1.29 is 4.74 Å². The van der Waals surface area contributed by atoms with E-state index in [0.29, 0.717) is 0 Å². The Hall–Kier alpha value is -1.08. The van der Waals surface area contributed by atoms with Crippen LogP contribution >= 0.6 is 0 Å². The molecule has 2 saturated carbocycles. The summed E-state index contributed by atoms with van der Waals surface area (Å²) in [6.07, 6.45) is 18.5. The van der Waals surface area contributed by atoms with Gasteiger partial charge in [0.25, 0.3) is 0 Å². The fourth-order valence-corrected chi connectivity index (χ4v) is 5.32. The van der Waals surface area contributed by atoms with Crippen molar-refractivity contribution in [3.63, 3.8) is 0 Å². The lowest BCUT2D eigenvalue weighted by Gasteiger charge is -2.37. The number of benzene rings is 1. The van der Waals surface area contributed by atoms with E-state index < -0.39 is 0 Å². The van der Waals surface area contributed by atoms with E-state index in [0.717, 1.165) is 30.3 Å². The Morgan fingerprint density at radius 1 is 0.885 bits per heavy atom. The van der Waals surface area contributed by atoms with Gasteiger partial charge in [-0.3, -0.25) is 0 Å². The molecule has 0 bridgehead atoms. The maximum absolute atomic E-state index is 5.13. The molecule has 0 N–H and O–H groups in total. The van der Waals surface area contributed by atoms with Crippen LogP contribution in [0.5, 0.6) is 0 Å². The number of hydrogen-bond donors (Lipinski definition) is 0. The summed E-state index contributed by atoms with van der Waals surface area (Å²) in [5.41, 5.74) is 3.09. The number of allylic oxidation sites excluding steroid dienone is 1. The topological polar surface area (TPSA) is 9.23 Å². The van der Waals surface area contributed by atoms with E-state index in [1.165, 1.54) is 69.8 Å². The van der Waals surface area contributed by atoms with Crippen molar-refractivity contribution in [3.05, 3.63) is 47.5 Å². The van der Waals surface area contributed by atoms with E-state index in [-0.39, 0.29) is 0 Å². The SMILES string of the molecule is CCCc1ccc(C2CCC(C3CCC(C=CCOC)CC3)CC2)cc1. The molecule has 0 aromatic heterocycles. The largest absolute Gasteiger partial charge is 0.381 e. The minimum atomic E-state index is 0.767. The first-order valence-corrected chi connectivity index (χ1v) is 11.0. The van der Waals surface area contributed by atoms with Crippen LogP contribution in [0.4, 0.5) is 0 Å². The zero-order chi connectivity index (χ0) is 18.2. The lowest BCUT2D eigenvalue weighted by Crippen LogP contribution is -2.25. The number of ether oxygens (including phenoxy) is 1. The monoisotopic (exact) mass is 354 g/mol. The van der Waals surface area contributed by atoms with Crippen LogP contribution < -0.4 is 0 Å². The summed E-state index contributed by atoms with van der Waals surface area (Å²) < 4.78 is 5.13. The van der Waals surface area contributed by atoms with E-state index in [4.69, 9.17) is 4.74 Å². The Morgan fingerprint density at radius 3 is 2.08 bits per heavy atom. The van der Waals surface area contributed by atoms with Crippen LogP contribution in [0.3, 0.4) is 0 Å². The highest BCUT2D eigenvalue weighted by molar-refractivity contribution is 5.26. The Bertz CT molecular complexity index is 528. The predicted molar refractivity (Wildman–Crippen MR) is 112 cm³/mol. The van der Waals surface area contributed by atoms with E-state index in [2.05, 4.69) is 43.3 Å². The van der Waals surface area contributed by atoms with Crippen LogP contribution in [-0.2, 0) is 11.2 Å². The van der Waals surface area contributed by atoms with E-state index in [1.54, 1.807) is 12.7 Å². The third-order valence-corrected chi connectivity index (χ3v) is 6.92. The summed E-state index contributed by atoms with van der Waals surface area (Å²) in [4.78, 5) is 0. The van der Waals surface area contributed by atoms with Gasteiger partial charge in [-0.15, -0.1) is 0 Å². The molecule has 3 rings (SSSR count). The summed E-state index contributed by atoms with van der Waals surface area (Å²) >= 11 is 0. The van der Waals surface area contributed by atoms with Crippen LogP contribution in [-0.4, -0.2) is 13.7 Å². The molecule has 1 heteroatoms. The van der Waals surface area contributed by atoms with Gasteiger partial charge in [0.15, 0.2) is 0 Å². The Kier molecular flexibility index (Phi) is 7.80. The Morgan fingerprint density at radius 2 is 1.50 bits per heavy atom. The van der Waals surface area contributed by atoms with E-state index in [1.807, 2.05) is 0 Å². The fraction of sp³-hybridized carbons (Fsp3) is 0.680. The molecular formula is C25H38O. The van der Waals surface area contributed by atoms with Crippen LogP contribution in [0.15, 0.2) is 36.4 Å². The van der Waals surface area contributed by atoms with Gasteiger partial charge in [0.2, 0.25) is 0 Å². The molecule has 1 aromatic rings. The molecule has 144 valence electrons. The summed E-state index contributed by atoms with van der Waals surface area (Å²) in [7, 11) is 1.77. The van der Waals surface area contributed by atoms with Crippen LogP contribution in [0.2, 0.25) is 0 Å². The zero-order valence-electron chi connectivity index (χ0n) is 17.0. The third kappa shape index (κ3) is 5.46. The van der Waals surface area contributed by atoms with Gasteiger partial charge in [-0.25, -0.2) is 0 Å². The minimum absolute atomic E-state index is 0.767. The Labute approximate surface area is 161 Å². The standard InChI is InChI=1S/C25H38O/c1-3-5-20-7-11-22(12-8-20)24-15-17-25(18-16-24)23-13-9-21(10-14-23)6-4-19-26-2/h4,6-8,11-12,21,23-25H,3,5,9-10,13-19H2,1-2H3. The second-order valence-corrected chi connectivity index (χ2v) is 8.66. The highest BCUT2D eigenvalue weighted by atomic mass is 16.5. The van der Waals surface area contributed by atoms with Gasteiger partial charge in [-0.1, -0.05) is 49.8 Å². The molecule has 0 atom stereocenters. The molecular weight excluding hydrogens is 316 g/mol. The molecule has 1 nitrogen and oxygen atoms in total. The number of methoxy groups -OCH3 is 1. The predicted octanol–water partition coefficient (Wildman–Crippen LogP) is 6.92. The minimum Gasteiger partial charge on any atom is -0.381 e. The van der Waals surface area contributed by atoms with E-state index in [9.17, 15) is 0 Å². The molecule has 0 aliphatic heterocycles. The van der Waals surface area contributed by atoms with Crippen LogP contribution in [0.1, 0.15) is 81.8 Å². The third-order valence-electron chi connectivity index (χ3n) is 6.92. The lowest BCUT2D eigenvalue weighted by atomic mass is 9.68.